The first-order valence-corrected chi connectivity index (χ1v) is 6.63. The summed E-state index contributed by atoms with van der Waals surface area (Å²) in [7, 11) is 0. The molecule has 2 N–H and O–H groups in total. The molecule has 0 spiro atoms. The normalized spacial score (nSPS) is 10.5. The Morgan fingerprint density at radius 3 is 2.68 bits per heavy atom. The Bertz CT molecular complexity index is 673. The van der Waals surface area contributed by atoms with Crippen molar-refractivity contribution in [3.05, 3.63) is 62.3 Å². The zero-order chi connectivity index (χ0) is 14.2. The molecule has 98 valence electrons. The molecule has 0 atom stereocenters. The van der Waals surface area contributed by atoms with E-state index in [0.717, 1.165) is 6.07 Å². The van der Waals surface area contributed by atoms with E-state index in [-0.39, 0.29) is 16.4 Å². The van der Waals surface area contributed by atoms with Crippen molar-refractivity contribution in [1.82, 2.24) is 0 Å². The molecular weight excluding hydrogens is 333 g/mol. The highest BCUT2D eigenvalue weighted by Crippen LogP contribution is 2.29. The molecule has 0 fully saturated rings. The quantitative estimate of drug-likeness (QED) is 0.651. The zero-order valence-corrected chi connectivity index (χ0v) is 12.3. The number of hydrogen-bond acceptors (Lipinski definition) is 2. The minimum Gasteiger partial charge on any atom is -0.398 e. The van der Waals surface area contributed by atoms with Gasteiger partial charge in [0.1, 0.15) is 5.82 Å². The number of hydrogen-bond donors (Lipinski definition) is 1. The summed E-state index contributed by atoms with van der Waals surface area (Å²) < 4.78 is 13.9. The number of ketones is 1. The molecule has 2 rings (SSSR count). The largest absolute Gasteiger partial charge is 0.398 e. The second-order valence-electron chi connectivity index (χ2n) is 4.12. The topological polar surface area (TPSA) is 43.1 Å². The molecule has 2 aromatic rings. The van der Waals surface area contributed by atoms with Gasteiger partial charge in [0.2, 0.25) is 0 Å². The molecule has 0 saturated heterocycles. The van der Waals surface area contributed by atoms with Gasteiger partial charge in [-0.25, -0.2) is 4.39 Å². The van der Waals surface area contributed by atoms with Gasteiger partial charge in [-0.15, -0.1) is 0 Å². The number of carbonyl (C=O) groups is 1. The predicted octanol–water partition coefficient (Wildman–Crippen LogP) is 4.36. The average molecular weight is 343 g/mol. The van der Waals surface area contributed by atoms with Crippen LogP contribution in [0.1, 0.15) is 21.5 Å². The van der Waals surface area contributed by atoms with Gasteiger partial charge in [0.15, 0.2) is 5.78 Å². The average Bonchev–Trinajstić information content (AvgIpc) is 2.36. The fraction of sp³-hybridized carbons (Fsp3) is 0.0714. The Hall–Kier alpha value is -1.39. The van der Waals surface area contributed by atoms with Gasteiger partial charge in [-0.1, -0.05) is 17.7 Å². The van der Waals surface area contributed by atoms with Gasteiger partial charge in [-0.05, 0) is 52.7 Å². The molecule has 0 heterocycles. The number of carbonyl (C=O) groups excluding carboxylic acids is 1. The van der Waals surface area contributed by atoms with Crippen molar-refractivity contribution in [3.63, 3.8) is 0 Å². The summed E-state index contributed by atoms with van der Waals surface area (Å²) in [6.07, 6.45) is 0. The van der Waals surface area contributed by atoms with E-state index in [1.54, 1.807) is 25.1 Å². The van der Waals surface area contributed by atoms with Crippen molar-refractivity contribution in [1.29, 1.82) is 0 Å². The number of nitrogen functional groups attached to an aromatic ring is 1. The monoisotopic (exact) mass is 341 g/mol. The number of rotatable bonds is 2. The molecule has 5 heteroatoms. The minimum absolute atomic E-state index is 0.0856. The number of halogens is 3. The van der Waals surface area contributed by atoms with E-state index in [1.807, 2.05) is 0 Å². The summed E-state index contributed by atoms with van der Waals surface area (Å²) in [4.78, 5) is 12.4. The molecule has 0 aromatic heterocycles. The summed E-state index contributed by atoms with van der Waals surface area (Å²) in [6.45, 7) is 1.58. The van der Waals surface area contributed by atoms with Crippen LogP contribution in [0, 0.1) is 12.7 Å². The number of anilines is 1. The van der Waals surface area contributed by atoms with Gasteiger partial charge in [0.05, 0.1) is 9.50 Å². The third kappa shape index (κ3) is 2.65. The second-order valence-corrected chi connectivity index (χ2v) is 5.32. The van der Waals surface area contributed by atoms with E-state index in [0.29, 0.717) is 21.3 Å². The Morgan fingerprint density at radius 2 is 2.00 bits per heavy atom. The molecule has 0 amide bonds. The van der Waals surface area contributed by atoms with Gasteiger partial charge in [-0.2, -0.15) is 0 Å². The van der Waals surface area contributed by atoms with Crippen LogP contribution in [0.4, 0.5) is 10.1 Å². The van der Waals surface area contributed by atoms with Gasteiger partial charge >= 0.3 is 0 Å². The molecule has 0 saturated carbocycles. The minimum atomic E-state index is -0.437. The maximum atomic E-state index is 13.3. The Balaban J connectivity index is 2.56. The van der Waals surface area contributed by atoms with Crippen LogP contribution in [-0.2, 0) is 0 Å². The summed E-state index contributed by atoms with van der Waals surface area (Å²) in [5, 5.41) is 0.0856. The lowest BCUT2D eigenvalue weighted by Gasteiger charge is -2.09. The molecule has 2 aromatic carbocycles. The smallest absolute Gasteiger partial charge is 0.195 e. The van der Waals surface area contributed by atoms with Gasteiger partial charge < -0.3 is 5.73 Å². The van der Waals surface area contributed by atoms with Crippen LogP contribution >= 0.6 is 27.5 Å². The Labute approximate surface area is 123 Å². The molecule has 0 aliphatic rings. The van der Waals surface area contributed by atoms with E-state index >= 15 is 0 Å². The maximum absolute atomic E-state index is 13.3. The lowest BCUT2D eigenvalue weighted by atomic mass is 10.0. The molecule has 0 unspecified atom stereocenters. The standard InChI is InChI=1S/C14H10BrClFNO/c1-7-5-9(10(16)6-11(7)17)14(19)8-3-2-4-12(18)13(8)15/h2-6H,18H2,1H3. The van der Waals surface area contributed by atoms with Crippen molar-refractivity contribution < 1.29 is 9.18 Å². The third-order valence-corrected chi connectivity index (χ3v) is 3.96. The van der Waals surface area contributed by atoms with E-state index in [9.17, 15) is 9.18 Å². The van der Waals surface area contributed by atoms with Crippen molar-refractivity contribution in [2.24, 2.45) is 0 Å². The molecule has 0 radical (unpaired) electrons. The van der Waals surface area contributed by atoms with Crippen LogP contribution in [0.25, 0.3) is 0 Å². The fourth-order valence-electron chi connectivity index (χ4n) is 1.70. The highest BCUT2D eigenvalue weighted by atomic mass is 79.9. The SMILES string of the molecule is Cc1cc(C(=O)c2cccc(N)c2Br)c(Cl)cc1F. The first kappa shape index (κ1) is 14.0. The maximum Gasteiger partial charge on any atom is 0.195 e. The van der Waals surface area contributed by atoms with E-state index < -0.39 is 5.82 Å². The number of nitrogens with two attached hydrogens (primary N) is 1. The van der Waals surface area contributed by atoms with Crippen molar-refractivity contribution in [2.45, 2.75) is 6.92 Å². The Kier molecular flexibility index (Phi) is 3.92. The second kappa shape index (κ2) is 5.31. The summed E-state index contributed by atoms with van der Waals surface area (Å²) in [6, 6.07) is 7.58. The molecule has 0 aliphatic carbocycles. The number of aryl methyl sites for hydroxylation is 1. The van der Waals surface area contributed by atoms with Gasteiger partial charge in [0, 0.05) is 16.8 Å². The predicted molar refractivity (Wildman–Crippen MR) is 78.1 cm³/mol. The van der Waals surface area contributed by atoms with Crippen LogP contribution in [0.2, 0.25) is 5.02 Å². The zero-order valence-electron chi connectivity index (χ0n) is 10.0. The molecular formula is C14H10BrClFNO. The molecule has 2 nitrogen and oxygen atoms in total. The summed E-state index contributed by atoms with van der Waals surface area (Å²) in [5.74, 6) is -0.736. The van der Waals surface area contributed by atoms with Crippen LogP contribution in [-0.4, -0.2) is 5.78 Å². The van der Waals surface area contributed by atoms with Gasteiger partial charge in [-0.3, -0.25) is 4.79 Å². The molecule has 0 aliphatic heterocycles. The molecule has 19 heavy (non-hydrogen) atoms. The van der Waals surface area contributed by atoms with Crippen molar-refractivity contribution in [2.75, 3.05) is 5.73 Å². The van der Waals surface area contributed by atoms with Crippen LogP contribution < -0.4 is 5.73 Å². The van der Waals surface area contributed by atoms with E-state index in [2.05, 4.69) is 15.9 Å². The Morgan fingerprint density at radius 1 is 1.32 bits per heavy atom. The molecule has 0 bridgehead atoms. The summed E-state index contributed by atoms with van der Waals surface area (Å²) in [5.41, 5.74) is 7.22. The van der Waals surface area contributed by atoms with E-state index in [1.165, 1.54) is 6.07 Å². The van der Waals surface area contributed by atoms with E-state index in [4.69, 9.17) is 17.3 Å². The third-order valence-electron chi connectivity index (χ3n) is 2.77. The first-order valence-electron chi connectivity index (χ1n) is 5.46. The number of benzene rings is 2. The summed E-state index contributed by atoms with van der Waals surface area (Å²) >= 11 is 9.20. The van der Waals surface area contributed by atoms with Crippen LogP contribution in [0.15, 0.2) is 34.8 Å². The highest BCUT2D eigenvalue weighted by Gasteiger charge is 2.18. The van der Waals surface area contributed by atoms with Gasteiger partial charge in [0.25, 0.3) is 0 Å². The lowest BCUT2D eigenvalue weighted by molar-refractivity contribution is 0.103. The first-order chi connectivity index (χ1) is 8.91. The van der Waals surface area contributed by atoms with Crippen LogP contribution in [0.3, 0.4) is 0 Å². The van der Waals surface area contributed by atoms with Crippen LogP contribution in [0.5, 0.6) is 0 Å². The van der Waals surface area contributed by atoms with Crippen molar-refractivity contribution >= 4 is 39.0 Å². The van der Waals surface area contributed by atoms with Crippen molar-refractivity contribution in [3.8, 4) is 0 Å². The fourth-order valence-corrected chi connectivity index (χ4v) is 2.38. The lowest BCUT2D eigenvalue weighted by Crippen LogP contribution is -2.05. The highest BCUT2D eigenvalue weighted by molar-refractivity contribution is 9.10.